The highest BCUT2D eigenvalue weighted by molar-refractivity contribution is 6.82. The SMILES string of the molecule is C1=CC=CB(c2ccccc2)C=CC=C1. The fraction of sp³-hybridized carbons (Fsp3) is 0. The summed E-state index contributed by atoms with van der Waals surface area (Å²) in [5, 5.41) is 0. The summed E-state index contributed by atoms with van der Waals surface area (Å²) in [6.07, 6.45) is 12.4. The van der Waals surface area contributed by atoms with Crippen LogP contribution >= 0.6 is 0 Å². The molecular formula is C14H13B. The Morgan fingerprint density at radius 1 is 0.600 bits per heavy atom. The largest absolute Gasteiger partial charge is 0.226 e. The van der Waals surface area contributed by atoms with Gasteiger partial charge in [0, 0.05) is 0 Å². The van der Waals surface area contributed by atoms with Crippen LogP contribution in [0.2, 0.25) is 0 Å². The van der Waals surface area contributed by atoms with Crippen molar-refractivity contribution < 1.29 is 0 Å². The Labute approximate surface area is 91.4 Å². The maximum Gasteiger partial charge on any atom is 0.226 e. The van der Waals surface area contributed by atoms with Crippen molar-refractivity contribution in [3.8, 4) is 0 Å². The molecule has 0 fully saturated rings. The van der Waals surface area contributed by atoms with Crippen LogP contribution in [0.1, 0.15) is 0 Å². The smallest absolute Gasteiger partial charge is 0.106 e. The van der Waals surface area contributed by atoms with E-state index < -0.39 is 0 Å². The Bertz CT molecular complexity index is 388. The van der Waals surface area contributed by atoms with Gasteiger partial charge in [0.05, 0.1) is 0 Å². The van der Waals surface area contributed by atoms with E-state index >= 15 is 0 Å². The van der Waals surface area contributed by atoms with Crippen LogP contribution in [-0.4, -0.2) is 6.71 Å². The molecule has 0 spiro atoms. The topological polar surface area (TPSA) is 0 Å². The summed E-state index contributed by atoms with van der Waals surface area (Å²) in [6, 6.07) is 10.5. The van der Waals surface area contributed by atoms with Crippen molar-refractivity contribution >= 4 is 12.2 Å². The van der Waals surface area contributed by atoms with Crippen LogP contribution in [0.3, 0.4) is 0 Å². The predicted octanol–water partition coefficient (Wildman–Crippen LogP) is 2.71. The zero-order chi connectivity index (χ0) is 10.3. The molecule has 0 radical (unpaired) electrons. The monoisotopic (exact) mass is 192 g/mol. The molecule has 1 aromatic carbocycles. The van der Waals surface area contributed by atoms with Crippen LogP contribution in [0, 0.1) is 0 Å². The highest BCUT2D eigenvalue weighted by Gasteiger charge is 2.07. The molecule has 1 aromatic rings. The molecule has 1 heteroatoms. The molecule has 0 amide bonds. The first-order valence-electron chi connectivity index (χ1n) is 5.20. The number of benzene rings is 1. The molecule has 1 aliphatic rings. The van der Waals surface area contributed by atoms with E-state index in [1.54, 1.807) is 0 Å². The minimum Gasteiger partial charge on any atom is -0.106 e. The number of hydrogen-bond acceptors (Lipinski definition) is 0. The quantitative estimate of drug-likeness (QED) is 0.600. The van der Waals surface area contributed by atoms with E-state index in [0.717, 1.165) is 0 Å². The third-order valence-corrected chi connectivity index (χ3v) is 2.38. The van der Waals surface area contributed by atoms with Crippen molar-refractivity contribution in [2.45, 2.75) is 0 Å². The van der Waals surface area contributed by atoms with E-state index in [9.17, 15) is 0 Å². The fourth-order valence-electron chi connectivity index (χ4n) is 1.59. The normalized spacial score (nSPS) is 14.8. The Balaban J connectivity index is 2.28. The molecule has 0 saturated carbocycles. The van der Waals surface area contributed by atoms with Gasteiger partial charge in [0.15, 0.2) is 0 Å². The molecule has 0 unspecified atom stereocenters. The highest BCUT2D eigenvalue weighted by atomic mass is 13.8. The van der Waals surface area contributed by atoms with Crippen LogP contribution in [0.15, 0.2) is 78.7 Å². The van der Waals surface area contributed by atoms with E-state index in [-0.39, 0.29) is 0 Å². The summed E-state index contributed by atoms with van der Waals surface area (Å²) in [5.74, 6) is 4.41. The number of rotatable bonds is 1. The standard InChI is InChI=1S/C14H13B/c1-2-4-9-13-15(12-8-3-1)14-10-6-5-7-11-14/h1-13H. The van der Waals surface area contributed by atoms with Crippen molar-refractivity contribution in [3.63, 3.8) is 0 Å². The average Bonchev–Trinajstić information content (AvgIpc) is 2.43. The van der Waals surface area contributed by atoms with Crippen LogP contribution in [0.25, 0.3) is 0 Å². The Morgan fingerprint density at radius 3 is 1.73 bits per heavy atom. The molecule has 1 aliphatic heterocycles. The first-order chi connectivity index (χ1) is 7.47. The van der Waals surface area contributed by atoms with Crippen molar-refractivity contribution in [1.29, 1.82) is 0 Å². The van der Waals surface area contributed by atoms with Gasteiger partial charge in [-0.25, -0.2) is 0 Å². The van der Waals surface area contributed by atoms with Gasteiger partial charge in [0.1, 0.15) is 0 Å². The van der Waals surface area contributed by atoms with Gasteiger partial charge in [-0.1, -0.05) is 72.3 Å². The summed E-state index contributed by atoms with van der Waals surface area (Å²) < 4.78 is 0. The van der Waals surface area contributed by atoms with Gasteiger partial charge in [-0.3, -0.25) is 0 Å². The van der Waals surface area contributed by atoms with Gasteiger partial charge in [-0.15, -0.1) is 12.0 Å². The predicted molar refractivity (Wildman–Crippen MR) is 68.4 cm³/mol. The van der Waals surface area contributed by atoms with Crippen molar-refractivity contribution in [2.75, 3.05) is 0 Å². The lowest BCUT2D eigenvalue weighted by Gasteiger charge is -2.02. The molecule has 0 N–H and O–H groups in total. The van der Waals surface area contributed by atoms with Gasteiger partial charge in [-0.2, -0.15) is 0 Å². The molecule has 0 nitrogen and oxygen atoms in total. The molecule has 15 heavy (non-hydrogen) atoms. The summed E-state index contributed by atoms with van der Waals surface area (Å²) in [7, 11) is 0. The van der Waals surface area contributed by atoms with Gasteiger partial charge < -0.3 is 0 Å². The Hall–Kier alpha value is -1.76. The second-order valence-corrected chi connectivity index (χ2v) is 3.48. The summed E-state index contributed by atoms with van der Waals surface area (Å²) in [6.45, 7) is 0.374. The van der Waals surface area contributed by atoms with Crippen LogP contribution in [-0.2, 0) is 0 Å². The van der Waals surface area contributed by atoms with Crippen LogP contribution < -0.4 is 5.46 Å². The maximum absolute atomic E-state index is 2.20. The zero-order valence-corrected chi connectivity index (χ0v) is 8.58. The third-order valence-electron chi connectivity index (χ3n) is 2.38. The minimum absolute atomic E-state index is 0.374. The first kappa shape index (κ1) is 9.79. The van der Waals surface area contributed by atoms with Crippen molar-refractivity contribution in [3.05, 3.63) is 78.7 Å². The Kier molecular flexibility index (Phi) is 3.40. The average molecular weight is 192 g/mol. The lowest BCUT2D eigenvalue weighted by atomic mass is 9.45. The molecule has 2 rings (SSSR count). The molecule has 0 aliphatic carbocycles. The van der Waals surface area contributed by atoms with Gasteiger partial charge in [-0.05, 0) is 0 Å². The minimum atomic E-state index is 0.374. The maximum atomic E-state index is 2.20. The van der Waals surface area contributed by atoms with Crippen LogP contribution in [0.5, 0.6) is 0 Å². The molecular weight excluding hydrogens is 179 g/mol. The van der Waals surface area contributed by atoms with E-state index in [2.05, 4.69) is 60.5 Å². The van der Waals surface area contributed by atoms with Gasteiger partial charge in [0.25, 0.3) is 0 Å². The van der Waals surface area contributed by atoms with Crippen molar-refractivity contribution in [2.24, 2.45) is 0 Å². The van der Waals surface area contributed by atoms with Gasteiger partial charge in [0.2, 0.25) is 6.71 Å². The molecule has 0 saturated heterocycles. The number of allylic oxidation sites excluding steroid dienone is 6. The lowest BCUT2D eigenvalue weighted by Crippen LogP contribution is -2.25. The summed E-state index contributed by atoms with van der Waals surface area (Å²) in [4.78, 5) is 0. The molecule has 72 valence electrons. The Morgan fingerprint density at radius 2 is 1.13 bits per heavy atom. The second-order valence-electron chi connectivity index (χ2n) is 3.48. The second kappa shape index (κ2) is 5.21. The highest BCUT2D eigenvalue weighted by Crippen LogP contribution is 1.96. The third kappa shape index (κ3) is 2.85. The molecule has 0 atom stereocenters. The lowest BCUT2D eigenvalue weighted by molar-refractivity contribution is 1.76. The zero-order valence-electron chi connectivity index (χ0n) is 8.58. The van der Waals surface area contributed by atoms with E-state index in [4.69, 9.17) is 0 Å². The van der Waals surface area contributed by atoms with Crippen LogP contribution in [0.4, 0.5) is 0 Å². The molecule has 0 bridgehead atoms. The first-order valence-corrected chi connectivity index (χ1v) is 5.20. The van der Waals surface area contributed by atoms with E-state index in [0.29, 0.717) is 6.71 Å². The molecule has 0 aromatic heterocycles. The van der Waals surface area contributed by atoms with Crippen molar-refractivity contribution in [1.82, 2.24) is 0 Å². The van der Waals surface area contributed by atoms with E-state index in [1.807, 2.05) is 18.2 Å². The summed E-state index contributed by atoms with van der Waals surface area (Å²) in [5.41, 5.74) is 1.33. The van der Waals surface area contributed by atoms with E-state index in [1.165, 1.54) is 5.46 Å². The fourth-order valence-corrected chi connectivity index (χ4v) is 1.59. The molecule has 1 heterocycles. The summed E-state index contributed by atoms with van der Waals surface area (Å²) >= 11 is 0. The number of hydrogen-bond donors (Lipinski definition) is 0. The van der Waals surface area contributed by atoms with Gasteiger partial charge >= 0.3 is 0 Å².